The van der Waals surface area contributed by atoms with Crippen molar-refractivity contribution in [1.82, 2.24) is 14.5 Å². The number of hydrogen-bond acceptors (Lipinski definition) is 5. The monoisotopic (exact) mass is 414 g/mol. The number of aryl methyl sites for hydroxylation is 1. The number of aromatic nitrogens is 3. The van der Waals surface area contributed by atoms with Crippen LogP contribution in [0.5, 0.6) is 5.75 Å². The summed E-state index contributed by atoms with van der Waals surface area (Å²) in [5, 5.41) is 10.6. The lowest BCUT2D eigenvalue weighted by Gasteiger charge is -2.34. The topological polar surface area (TPSA) is 86.2 Å². The Hall–Kier alpha value is -2.36. The molecule has 1 atom stereocenters. The molecule has 2 aromatic rings. The third kappa shape index (κ3) is 4.47. The summed E-state index contributed by atoms with van der Waals surface area (Å²) in [6.07, 6.45) is 1.16. The highest BCUT2D eigenvalue weighted by Crippen LogP contribution is 2.43. The van der Waals surface area contributed by atoms with E-state index in [4.69, 9.17) is 5.73 Å². The molecule has 0 radical (unpaired) electrons. The van der Waals surface area contributed by atoms with E-state index in [0.29, 0.717) is 37.3 Å². The first-order valence-corrected chi connectivity index (χ1v) is 9.59. The fraction of sp³-hybridized carbons (Fsp3) is 0.579. The molecule has 6 nitrogen and oxygen atoms in total. The molecule has 2 saturated carbocycles. The lowest BCUT2D eigenvalue weighted by Crippen LogP contribution is -2.33. The Bertz CT molecular complexity index is 891. The number of imidazole rings is 1. The molecule has 2 fully saturated rings. The number of nitrogen functional groups attached to an aromatic ring is 1. The van der Waals surface area contributed by atoms with E-state index in [2.05, 4.69) is 14.7 Å². The summed E-state index contributed by atoms with van der Waals surface area (Å²) in [5.74, 6) is -0.527. The number of aliphatic hydroxyl groups excluding tert-OH is 1. The van der Waals surface area contributed by atoms with Crippen LogP contribution in [-0.4, -0.2) is 31.7 Å². The number of alkyl halides is 4. The van der Waals surface area contributed by atoms with Gasteiger partial charge in [0.2, 0.25) is 0 Å². The molecule has 2 aliphatic rings. The van der Waals surface area contributed by atoms with E-state index in [0.717, 1.165) is 25.3 Å². The quantitative estimate of drug-likeness (QED) is 0.665. The van der Waals surface area contributed by atoms with Crippen molar-refractivity contribution in [2.24, 2.45) is 5.92 Å². The molecule has 0 spiro atoms. The summed E-state index contributed by atoms with van der Waals surface area (Å²) in [6.45, 7) is 0.330. The predicted octanol–water partition coefficient (Wildman–Crippen LogP) is 4.15. The number of anilines is 1. The Labute approximate surface area is 164 Å². The maximum absolute atomic E-state index is 14.4. The molecule has 3 N–H and O–H groups in total. The van der Waals surface area contributed by atoms with Crippen LogP contribution in [0, 0.1) is 5.92 Å². The van der Waals surface area contributed by atoms with Gasteiger partial charge in [0.15, 0.2) is 11.6 Å². The molecule has 2 aliphatic carbocycles. The maximum Gasteiger partial charge on any atom is 0.573 e. The normalized spacial score (nSPS) is 19.6. The van der Waals surface area contributed by atoms with Crippen LogP contribution in [0.1, 0.15) is 50.5 Å². The molecular formula is C19H22F4N4O2. The van der Waals surface area contributed by atoms with Crippen molar-refractivity contribution in [3.05, 3.63) is 24.3 Å². The van der Waals surface area contributed by atoms with E-state index in [1.807, 2.05) is 0 Å². The Kier molecular flexibility index (Phi) is 4.92. The average Bonchev–Trinajstić information content (AvgIpc) is 3.38. The zero-order chi connectivity index (χ0) is 20.8. The lowest BCUT2D eigenvalue weighted by atomic mass is 9.79. The molecule has 0 bridgehead atoms. The van der Waals surface area contributed by atoms with Crippen LogP contribution in [0.2, 0.25) is 0 Å². The van der Waals surface area contributed by atoms with Crippen LogP contribution in [0.4, 0.5) is 23.4 Å². The third-order valence-corrected chi connectivity index (χ3v) is 5.59. The summed E-state index contributed by atoms with van der Waals surface area (Å²) in [4.78, 5) is 8.19. The first-order valence-electron chi connectivity index (χ1n) is 9.59. The second kappa shape index (κ2) is 7.16. The zero-order valence-electron chi connectivity index (χ0n) is 15.6. The highest BCUT2D eigenvalue weighted by Gasteiger charge is 2.38. The van der Waals surface area contributed by atoms with Gasteiger partial charge in [-0.3, -0.25) is 0 Å². The third-order valence-electron chi connectivity index (χ3n) is 5.59. The van der Waals surface area contributed by atoms with Gasteiger partial charge in [-0.1, -0.05) is 0 Å². The number of pyridine rings is 1. The van der Waals surface area contributed by atoms with Gasteiger partial charge in [0, 0.05) is 24.5 Å². The van der Waals surface area contributed by atoms with E-state index < -0.39 is 29.7 Å². The van der Waals surface area contributed by atoms with Gasteiger partial charge in [0.25, 0.3) is 0 Å². The smallest absolute Gasteiger partial charge is 0.402 e. The molecule has 10 heteroatoms. The van der Waals surface area contributed by atoms with Crippen molar-refractivity contribution in [2.45, 2.75) is 63.2 Å². The van der Waals surface area contributed by atoms with Crippen molar-refractivity contribution < 1.29 is 27.4 Å². The van der Waals surface area contributed by atoms with Gasteiger partial charge in [0.1, 0.15) is 17.6 Å². The Morgan fingerprint density at radius 1 is 1.34 bits per heavy atom. The number of halogens is 4. The Morgan fingerprint density at radius 2 is 2.07 bits per heavy atom. The van der Waals surface area contributed by atoms with Crippen molar-refractivity contribution in [1.29, 1.82) is 0 Å². The standard InChI is InChI=1S/C19H22F4N4O2/c20-18(4-1-5-18)6-7-27-10-13(26-17(27)15(28)11-2-3-11)12-8-14(16(24)25-9-12)29-19(21,22)23/h8-11,15,28H,1-7H2,(H2,24,25)/t15-/m1/s1. The second-order valence-electron chi connectivity index (χ2n) is 7.87. The number of rotatable bonds is 7. The van der Waals surface area contributed by atoms with Crippen LogP contribution in [0.25, 0.3) is 11.3 Å². The van der Waals surface area contributed by atoms with E-state index >= 15 is 0 Å². The van der Waals surface area contributed by atoms with Crippen LogP contribution < -0.4 is 10.5 Å². The predicted molar refractivity (Wildman–Crippen MR) is 96.5 cm³/mol. The fourth-order valence-corrected chi connectivity index (χ4v) is 3.54. The SMILES string of the molecule is Nc1ncc(-c2cn(CCC3(F)CCC3)c([C@H](O)C3CC3)n2)cc1OC(F)(F)F. The molecule has 4 rings (SSSR count). The highest BCUT2D eigenvalue weighted by molar-refractivity contribution is 5.63. The second-order valence-corrected chi connectivity index (χ2v) is 7.87. The van der Waals surface area contributed by atoms with Gasteiger partial charge in [0.05, 0.1) is 5.69 Å². The first kappa shape index (κ1) is 19.9. The zero-order valence-corrected chi connectivity index (χ0v) is 15.6. The lowest BCUT2D eigenvalue weighted by molar-refractivity contribution is -0.274. The van der Waals surface area contributed by atoms with E-state index in [-0.39, 0.29) is 11.5 Å². The van der Waals surface area contributed by atoms with Crippen molar-refractivity contribution in [3.63, 3.8) is 0 Å². The summed E-state index contributed by atoms with van der Waals surface area (Å²) >= 11 is 0. The van der Waals surface area contributed by atoms with Crippen LogP contribution in [0.3, 0.4) is 0 Å². The minimum Gasteiger partial charge on any atom is -0.402 e. The summed E-state index contributed by atoms with van der Waals surface area (Å²) in [7, 11) is 0. The molecule has 29 heavy (non-hydrogen) atoms. The maximum atomic E-state index is 14.4. The van der Waals surface area contributed by atoms with Crippen LogP contribution in [0.15, 0.2) is 18.5 Å². The molecule has 158 valence electrons. The Morgan fingerprint density at radius 3 is 2.66 bits per heavy atom. The number of aliphatic hydroxyl groups is 1. The number of hydrogen-bond donors (Lipinski definition) is 2. The first-order chi connectivity index (χ1) is 13.6. The molecule has 2 heterocycles. The van der Waals surface area contributed by atoms with Crippen LogP contribution in [-0.2, 0) is 6.54 Å². The number of nitrogens with two attached hydrogens (primary N) is 1. The van der Waals surface area contributed by atoms with E-state index in [1.165, 1.54) is 6.20 Å². The molecule has 0 amide bonds. The molecule has 0 aromatic carbocycles. The fourth-order valence-electron chi connectivity index (χ4n) is 3.54. The van der Waals surface area contributed by atoms with Crippen molar-refractivity contribution in [3.8, 4) is 17.0 Å². The van der Waals surface area contributed by atoms with Gasteiger partial charge in [-0.15, -0.1) is 13.2 Å². The average molecular weight is 414 g/mol. The van der Waals surface area contributed by atoms with E-state index in [9.17, 15) is 22.7 Å². The van der Waals surface area contributed by atoms with Gasteiger partial charge in [-0.2, -0.15) is 0 Å². The summed E-state index contributed by atoms with van der Waals surface area (Å²) in [6, 6.07) is 1.11. The minimum atomic E-state index is -4.90. The highest BCUT2D eigenvalue weighted by atomic mass is 19.4. The molecule has 2 aromatic heterocycles. The van der Waals surface area contributed by atoms with Gasteiger partial charge >= 0.3 is 6.36 Å². The number of ether oxygens (including phenoxy) is 1. The molecule has 0 aliphatic heterocycles. The summed E-state index contributed by atoms with van der Waals surface area (Å²) in [5.41, 5.74) is 4.87. The van der Waals surface area contributed by atoms with Gasteiger partial charge in [-0.25, -0.2) is 14.4 Å². The van der Waals surface area contributed by atoms with Gasteiger partial charge < -0.3 is 20.1 Å². The Balaban J connectivity index is 1.63. The van der Waals surface area contributed by atoms with Crippen LogP contribution >= 0.6 is 0 Å². The van der Waals surface area contributed by atoms with Crippen molar-refractivity contribution >= 4 is 5.82 Å². The molecular weight excluding hydrogens is 392 g/mol. The van der Waals surface area contributed by atoms with Crippen molar-refractivity contribution in [2.75, 3.05) is 5.73 Å². The minimum absolute atomic E-state index is 0.0979. The number of nitrogens with zero attached hydrogens (tertiary/aromatic N) is 3. The van der Waals surface area contributed by atoms with E-state index in [1.54, 1.807) is 10.8 Å². The largest absolute Gasteiger partial charge is 0.573 e. The molecule has 0 unspecified atom stereocenters. The van der Waals surface area contributed by atoms with Gasteiger partial charge in [-0.05, 0) is 50.5 Å². The summed E-state index contributed by atoms with van der Waals surface area (Å²) < 4.78 is 57.8. The molecule has 0 saturated heterocycles.